The van der Waals surface area contributed by atoms with Crippen LogP contribution >= 0.6 is 11.6 Å². The normalized spacial score (nSPS) is 16.2. The van der Waals surface area contributed by atoms with Crippen LogP contribution in [0, 0.1) is 0 Å². The van der Waals surface area contributed by atoms with Crippen molar-refractivity contribution in [3.05, 3.63) is 23.2 Å². The second kappa shape index (κ2) is 9.52. The number of aromatic nitrogens is 3. The molecule has 10 heteroatoms. The van der Waals surface area contributed by atoms with Gasteiger partial charge in [0, 0.05) is 11.6 Å². The molecule has 1 aliphatic carbocycles. The van der Waals surface area contributed by atoms with Gasteiger partial charge in [0.1, 0.15) is 16.8 Å². The number of hydrogen-bond donors (Lipinski definition) is 0. The second-order valence-electron chi connectivity index (χ2n) is 10.8. The predicted molar refractivity (Wildman–Crippen MR) is 128 cm³/mol. The number of ether oxygens (including phenoxy) is 2. The van der Waals surface area contributed by atoms with Crippen molar-refractivity contribution >= 4 is 41.1 Å². The molecule has 9 nitrogen and oxygen atoms in total. The first-order valence-electron chi connectivity index (χ1n) is 11.5. The lowest BCUT2D eigenvalue weighted by molar-refractivity contribution is -0.00913. The summed E-state index contributed by atoms with van der Waals surface area (Å²) in [5.41, 5.74) is -1.56. The molecule has 2 aromatic rings. The topological polar surface area (TPSA) is 104 Å². The van der Waals surface area contributed by atoms with Gasteiger partial charge in [-0.15, -0.1) is 0 Å². The van der Waals surface area contributed by atoms with Gasteiger partial charge in [0.05, 0.1) is 17.8 Å². The van der Waals surface area contributed by atoms with Crippen LogP contribution < -0.4 is 0 Å². The molecule has 0 atom stereocenters. The Morgan fingerprint density at radius 2 is 1.65 bits per heavy atom. The van der Waals surface area contributed by atoms with Crippen LogP contribution in [0.2, 0.25) is 5.28 Å². The van der Waals surface area contributed by atoms with Crippen molar-refractivity contribution in [2.75, 3.05) is 6.54 Å². The Labute approximate surface area is 204 Å². The highest BCUT2D eigenvalue weighted by atomic mass is 35.5. The maximum Gasteiger partial charge on any atom is 0.419 e. The first-order chi connectivity index (χ1) is 15.7. The van der Waals surface area contributed by atoms with E-state index in [0.717, 1.165) is 30.4 Å². The number of carbonyl (C=O) groups excluding carboxylic acids is 3. The van der Waals surface area contributed by atoms with Crippen molar-refractivity contribution in [1.82, 2.24) is 19.4 Å². The van der Waals surface area contributed by atoms with E-state index in [9.17, 15) is 14.4 Å². The molecule has 0 N–H and O–H groups in total. The molecule has 2 heterocycles. The van der Waals surface area contributed by atoms with Crippen LogP contribution in [0.1, 0.15) is 84.1 Å². The number of fused-ring (bicyclic) bond motifs is 1. The average Bonchev–Trinajstić information content (AvgIpc) is 3.08. The van der Waals surface area contributed by atoms with E-state index in [1.165, 1.54) is 0 Å². The minimum atomic E-state index is -0.814. The molecular formula is C24H33ClN4O5. The van der Waals surface area contributed by atoms with Crippen LogP contribution in [0.5, 0.6) is 0 Å². The van der Waals surface area contributed by atoms with Crippen LogP contribution in [0.4, 0.5) is 9.59 Å². The quantitative estimate of drug-likeness (QED) is 0.396. The van der Waals surface area contributed by atoms with Gasteiger partial charge < -0.3 is 14.0 Å². The van der Waals surface area contributed by atoms with E-state index in [2.05, 4.69) is 9.97 Å². The van der Waals surface area contributed by atoms with Gasteiger partial charge in [-0.2, -0.15) is 4.98 Å². The molecule has 0 saturated heterocycles. The fraction of sp³-hybridized carbons (Fsp3) is 0.625. The Morgan fingerprint density at radius 3 is 2.15 bits per heavy atom. The van der Waals surface area contributed by atoms with E-state index in [1.54, 1.807) is 53.8 Å². The highest BCUT2D eigenvalue weighted by molar-refractivity contribution is 6.28. The lowest BCUT2D eigenvalue weighted by Crippen LogP contribution is -2.53. The lowest BCUT2D eigenvalue weighted by atomic mass is 9.80. The fourth-order valence-electron chi connectivity index (χ4n) is 4.37. The number of carbonyl (C=O) groups is 3. The zero-order valence-electron chi connectivity index (χ0n) is 20.7. The minimum absolute atomic E-state index is 0.0386. The third-order valence-electron chi connectivity index (χ3n) is 5.60. The van der Waals surface area contributed by atoms with E-state index in [1.807, 2.05) is 4.57 Å². The highest BCUT2D eigenvalue weighted by Gasteiger charge is 2.43. The summed E-state index contributed by atoms with van der Waals surface area (Å²) in [5.74, 6) is 0. The van der Waals surface area contributed by atoms with Gasteiger partial charge in [0.15, 0.2) is 6.29 Å². The summed E-state index contributed by atoms with van der Waals surface area (Å²) in [6, 6.07) is 1.69. The van der Waals surface area contributed by atoms with Crippen LogP contribution in [0.3, 0.4) is 0 Å². The molecule has 0 radical (unpaired) electrons. The van der Waals surface area contributed by atoms with Crippen molar-refractivity contribution in [2.45, 2.75) is 90.4 Å². The molecule has 1 aliphatic rings. The molecule has 1 saturated carbocycles. The Balaban J connectivity index is 2.14. The summed E-state index contributed by atoms with van der Waals surface area (Å²) in [5, 5.41) is 0.698. The van der Waals surface area contributed by atoms with Crippen LogP contribution in [0.25, 0.3) is 11.0 Å². The Kier molecular flexibility index (Phi) is 7.26. The lowest BCUT2D eigenvalue weighted by Gasteiger charge is -2.42. The van der Waals surface area contributed by atoms with Gasteiger partial charge in [-0.05, 0) is 72.1 Å². The van der Waals surface area contributed by atoms with Crippen LogP contribution in [-0.2, 0) is 15.0 Å². The smallest absolute Gasteiger partial charge is 0.419 e. The molecule has 3 rings (SSSR count). The first-order valence-corrected chi connectivity index (χ1v) is 11.9. The van der Waals surface area contributed by atoms with Crippen LogP contribution in [0.15, 0.2) is 12.3 Å². The van der Waals surface area contributed by atoms with Crippen molar-refractivity contribution in [2.24, 2.45) is 0 Å². The minimum Gasteiger partial charge on any atom is -0.443 e. The summed E-state index contributed by atoms with van der Waals surface area (Å²) in [7, 11) is 0. The van der Waals surface area contributed by atoms with Gasteiger partial charge in [0.25, 0.3) is 0 Å². The van der Waals surface area contributed by atoms with Gasteiger partial charge in [0.2, 0.25) is 5.28 Å². The van der Waals surface area contributed by atoms with Crippen molar-refractivity contribution in [3.8, 4) is 0 Å². The van der Waals surface area contributed by atoms with Crippen molar-refractivity contribution < 1.29 is 23.9 Å². The van der Waals surface area contributed by atoms with Gasteiger partial charge in [-0.1, -0.05) is 19.3 Å². The second-order valence-corrected chi connectivity index (χ2v) is 11.1. The number of halogens is 1. The molecule has 34 heavy (non-hydrogen) atoms. The number of nitrogens with zero attached hydrogens (tertiary/aromatic N) is 4. The van der Waals surface area contributed by atoms with Gasteiger partial charge in [-0.25, -0.2) is 19.5 Å². The molecule has 0 spiro atoms. The molecule has 1 fully saturated rings. The molecule has 0 bridgehead atoms. The summed E-state index contributed by atoms with van der Waals surface area (Å²) in [4.78, 5) is 48.0. The Morgan fingerprint density at radius 1 is 1.09 bits per heavy atom. The largest absolute Gasteiger partial charge is 0.443 e. The highest BCUT2D eigenvalue weighted by Crippen LogP contribution is 2.40. The number of imide groups is 1. The number of rotatable bonds is 4. The number of aldehydes is 1. The Bertz CT molecular complexity index is 1050. The summed E-state index contributed by atoms with van der Waals surface area (Å²) in [6.07, 6.45) is 4.67. The maximum absolute atomic E-state index is 13.2. The van der Waals surface area contributed by atoms with E-state index in [0.29, 0.717) is 29.6 Å². The summed E-state index contributed by atoms with van der Waals surface area (Å²) < 4.78 is 12.9. The van der Waals surface area contributed by atoms with Gasteiger partial charge >= 0.3 is 12.2 Å². The zero-order valence-corrected chi connectivity index (χ0v) is 21.4. The van der Waals surface area contributed by atoms with Gasteiger partial charge in [-0.3, -0.25) is 4.79 Å². The van der Waals surface area contributed by atoms with Crippen molar-refractivity contribution in [1.29, 1.82) is 0 Å². The number of amides is 2. The molecule has 0 aliphatic heterocycles. The standard InChI is InChI=1S/C24H33ClN4O5/c1-22(2,3)33-20(31)28(21(32)34-23(4,5)6)15-24(10-8-7-9-11-24)29-17(14-30)12-16-13-26-19(25)27-18(16)29/h12-14H,7-11,15H2,1-6H3. The Hall–Kier alpha value is -2.68. The fourth-order valence-corrected chi connectivity index (χ4v) is 4.50. The maximum atomic E-state index is 13.2. The molecule has 0 unspecified atom stereocenters. The predicted octanol–water partition coefficient (Wildman–Crippen LogP) is 5.73. The van der Waals surface area contributed by atoms with E-state index >= 15 is 0 Å². The monoisotopic (exact) mass is 492 g/mol. The average molecular weight is 493 g/mol. The third-order valence-corrected chi connectivity index (χ3v) is 5.78. The van der Waals surface area contributed by atoms with Crippen LogP contribution in [-0.4, -0.2) is 55.7 Å². The summed E-state index contributed by atoms with van der Waals surface area (Å²) in [6.45, 7) is 10.4. The zero-order chi connectivity index (χ0) is 25.3. The first kappa shape index (κ1) is 25.9. The molecule has 186 valence electrons. The molecule has 2 aromatic heterocycles. The molecular weight excluding hydrogens is 460 g/mol. The SMILES string of the molecule is CC(C)(C)OC(=O)N(CC1(n2c(C=O)cc3cnc(Cl)nc32)CCCCC1)C(=O)OC(C)(C)C. The van der Waals surface area contributed by atoms with E-state index < -0.39 is 28.9 Å². The molecule has 2 amide bonds. The summed E-state index contributed by atoms with van der Waals surface area (Å²) >= 11 is 6.10. The third kappa shape index (κ3) is 5.87. The van der Waals surface area contributed by atoms with E-state index in [4.69, 9.17) is 21.1 Å². The number of hydrogen-bond acceptors (Lipinski definition) is 7. The van der Waals surface area contributed by atoms with Crippen molar-refractivity contribution in [3.63, 3.8) is 0 Å². The molecule has 0 aromatic carbocycles. The van der Waals surface area contributed by atoms with E-state index in [-0.39, 0.29) is 11.8 Å².